The molecule has 0 spiro atoms. The van der Waals surface area contributed by atoms with Gasteiger partial charge in [-0.1, -0.05) is 13.3 Å². The fraction of sp³-hybridized carbons (Fsp3) is 0.333. The highest BCUT2D eigenvalue weighted by Gasteiger charge is 2.12. The molecule has 0 radical (unpaired) electrons. The maximum Gasteiger partial charge on any atom is 0.255 e. The number of carbonyl (C=O) groups excluding carboxylic acids is 2. The highest BCUT2D eigenvalue weighted by atomic mass is 16.5. The third kappa shape index (κ3) is 6.11. The summed E-state index contributed by atoms with van der Waals surface area (Å²) in [6.07, 6.45) is 2.06. The van der Waals surface area contributed by atoms with E-state index in [1.54, 1.807) is 42.5 Å². The van der Waals surface area contributed by atoms with Crippen LogP contribution in [0.3, 0.4) is 0 Å². The smallest absolute Gasteiger partial charge is 0.255 e. The Morgan fingerprint density at radius 2 is 1.74 bits per heavy atom. The second-order valence-corrected chi connectivity index (χ2v) is 6.06. The Morgan fingerprint density at radius 3 is 2.37 bits per heavy atom. The van der Waals surface area contributed by atoms with Crippen LogP contribution in [0.5, 0.6) is 5.75 Å². The minimum Gasteiger partial charge on any atom is -0.494 e. The second-order valence-electron chi connectivity index (χ2n) is 6.06. The summed E-state index contributed by atoms with van der Waals surface area (Å²) >= 11 is 0. The van der Waals surface area contributed by atoms with Crippen molar-refractivity contribution in [1.29, 1.82) is 0 Å². The molecule has 0 aromatic heterocycles. The van der Waals surface area contributed by atoms with Crippen LogP contribution in [-0.4, -0.2) is 25.0 Å². The van der Waals surface area contributed by atoms with Gasteiger partial charge in [-0.3, -0.25) is 9.59 Å². The lowest BCUT2D eigenvalue weighted by molar-refractivity contribution is 0.0998. The first-order valence-electron chi connectivity index (χ1n) is 9.09. The van der Waals surface area contributed by atoms with Crippen LogP contribution in [0.1, 0.15) is 53.0 Å². The van der Waals surface area contributed by atoms with E-state index in [-0.39, 0.29) is 5.91 Å². The third-order valence-electron chi connectivity index (χ3n) is 3.95. The van der Waals surface area contributed by atoms with Crippen molar-refractivity contribution in [3.05, 3.63) is 59.2 Å². The largest absolute Gasteiger partial charge is 0.494 e. The average Bonchev–Trinajstić information content (AvgIpc) is 2.67. The van der Waals surface area contributed by atoms with Gasteiger partial charge < -0.3 is 20.5 Å². The van der Waals surface area contributed by atoms with Crippen molar-refractivity contribution in [2.45, 2.75) is 33.3 Å². The molecular formula is C21H26N2O4. The highest BCUT2D eigenvalue weighted by Crippen LogP contribution is 2.22. The minimum atomic E-state index is -0.507. The molecule has 0 unspecified atom stereocenters. The topological polar surface area (TPSA) is 90.6 Å². The molecule has 0 aliphatic rings. The Kier molecular flexibility index (Phi) is 7.82. The van der Waals surface area contributed by atoms with Gasteiger partial charge in [0.15, 0.2) is 0 Å². The quantitative estimate of drug-likeness (QED) is 0.623. The fourth-order valence-corrected chi connectivity index (χ4v) is 2.48. The number of primary amides is 1. The number of hydrogen-bond donors (Lipinski definition) is 2. The Labute approximate surface area is 159 Å². The lowest BCUT2D eigenvalue weighted by Crippen LogP contribution is -2.14. The van der Waals surface area contributed by atoms with Gasteiger partial charge in [-0.25, -0.2) is 0 Å². The summed E-state index contributed by atoms with van der Waals surface area (Å²) in [6, 6.07) is 11.7. The minimum absolute atomic E-state index is 0.250. The molecule has 6 nitrogen and oxygen atoms in total. The Bertz CT molecular complexity index is 772. The molecule has 144 valence electrons. The first kappa shape index (κ1) is 20.5. The number of hydrogen-bond acceptors (Lipinski definition) is 4. The molecule has 0 atom stereocenters. The molecule has 0 fully saturated rings. The van der Waals surface area contributed by atoms with Gasteiger partial charge >= 0.3 is 0 Å². The number of unbranched alkanes of at least 4 members (excludes halogenated alkanes) is 1. The average molecular weight is 370 g/mol. The summed E-state index contributed by atoms with van der Waals surface area (Å²) in [5.41, 5.74) is 7.54. The summed E-state index contributed by atoms with van der Waals surface area (Å²) in [4.78, 5) is 23.7. The summed E-state index contributed by atoms with van der Waals surface area (Å²) in [5, 5.41) is 2.81. The molecule has 0 saturated heterocycles. The number of carbonyl (C=O) groups is 2. The van der Waals surface area contributed by atoms with Gasteiger partial charge in [0.2, 0.25) is 5.91 Å². The number of anilines is 1. The van der Waals surface area contributed by atoms with Crippen LogP contribution >= 0.6 is 0 Å². The number of rotatable bonds is 10. The summed E-state index contributed by atoms with van der Waals surface area (Å²) in [7, 11) is 0. The van der Waals surface area contributed by atoms with Crippen molar-refractivity contribution in [2.24, 2.45) is 5.73 Å². The van der Waals surface area contributed by atoms with Crippen molar-refractivity contribution < 1.29 is 19.1 Å². The zero-order valence-electron chi connectivity index (χ0n) is 15.8. The van der Waals surface area contributed by atoms with Crippen LogP contribution in [0.2, 0.25) is 0 Å². The van der Waals surface area contributed by atoms with Crippen LogP contribution in [0.15, 0.2) is 42.5 Å². The monoisotopic (exact) mass is 370 g/mol. The molecule has 0 aliphatic heterocycles. The first-order chi connectivity index (χ1) is 13.0. The SMILES string of the molecule is CCCCOCc1cc(C(=O)Nc2ccc(C(N)=O)cc2)ccc1OCC. The van der Waals surface area contributed by atoms with Gasteiger partial charge in [0.05, 0.1) is 13.2 Å². The number of nitrogens with two attached hydrogens (primary N) is 1. The molecule has 2 aromatic rings. The van der Waals surface area contributed by atoms with Crippen molar-refractivity contribution in [3.63, 3.8) is 0 Å². The van der Waals surface area contributed by atoms with Crippen LogP contribution in [-0.2, 0) is 11.3 Å². The molecule has 3 N–H and O–H groups in total. The Hall–Kier alpha value is -2.86. The number of amides is 2. The summed E-state index contributed by atoms with van der Waals surface area (Å²) < 4.78 is 11.3. The van der Waals surface area contributed by atoms with Crippen molar-refractivity contribution in [2.75, 3.05) is 18.5 Å². The standard InChI is InChI=1S/C21H26N2O4/c1-3-5-12-26-14-17-13-16(8-11-19(17)27-4-2)21(25)23-18-9-6-15(7-10-18)20(22)24/h6-11,13H,3-5,12,14H2,1-2H3,(H2,22,24)(H,23,25). The van der Waals surface area contributed by atoms with Gasteiger partial charge in [0.25, 0.3) is 5.91 Å². The summed E-state index contributed by atoms with van der Waals surface area (Å²) in [5.74, 6) is -0.0388. The van der Waals surface area contributed by atoms with Gasteiger partial charge in [-0.2, -0.15) is 0 Å². The van der Waals surface area contributed by atoms with E-state index in [2.05, 4.69) is 12.2 Å². The molecule has 2 rings (SSSR count). The van der Waals surface area contributed by atoms with E-state index in [9.17, 15) is 9.59 Å². The number of benzene rings is 2. The maximum atomic E-state index is 12.5. The fourth-order valence-electron chi connectivity index (χ4n) is 2.48. The van der Waals surface area contributed by atoms with Crippen molar-refractivity contribution in [1.82, 2.24) is 0 Å². The highest BCUT2D eigenvalue weighted by molar-refractivity contribution is 6.04. The molecule has 0 saturated carbocycles. The predicted octanol–water partition coefficient (Wildman–Crippen LogP) is 3.75. The van der Waals surface area contributed by atoms with E-state index >= 15 is 0 Å². The predicted molar refractivity (Wildman–Crippen MR) is 105 cm³/mol. The number of ether oxygens (including phenoxy) is 2. The van der Waals surface area contributed by atoms with Gasteiger partial charge in [0.1, 0.15) is 5.75 Å². The van der Waals surface area contributed by atoms with Crippen LogP contribution in [0.25, 0.3) is 0 Å². The molecule has 6 heteroatoms. The van der Waals surface area contributed by atoms with E-state index in [0.29, 0.717) is 36.6 Å². The molecule has 2 aromatic carbocycles. The van der Waals surface area contributed by atoms with Crippen LogP contribution < -0.4 is 15.8 Å². The molecule has 0 bridgehead atoms. The van der Waals surface area contributed by atoms with Gasteiger partial charge in [-0.05, 0) is 55.8 Å². The number of nitrogens with one attached hydrogen (secondary N) is 1. The zero-order chi connectivity index (χ0) is 19.6. The van der Waals surface area contributed by atoms with Gasteiger partial charge in [0, 0.05) is 29.0 Å². The molecular weight excluding hydrogens is 344 g/mol. The van der Waals surface area contributed by atoms with Crippen molar-refractivity contribution >= 4 is 17.5 Å². The van der Waals surface area contributed by atoms with Gasteiger partial charge in [-0.15, -0.1) is 0 Å². The van der Waals surface area contributed by atoms with Crippen molar-refractivity contribution in [3.8, 4) is 5.75 Å². The normalized spacial score (nSPS) is 10.4. The van der Waals surface area contributed by atoms with E-state index in [4.69, 9.17) is 15.2 Å². The van der Waals surface area contributed by atoms with Crippen LogP contribution in [0.4, 0.5) is 5.69 Å². The second kappa shape index (κ2) is 10.3. The zero-order valence-corrected chi connectivity index (χ0v) is 15.8. The van der Waals surface area contributed by atoms with E-state index in [0.717, 1.165) is 24.2 Å². The lowest BCUT2D eigenvalue weighted by atomic mass is 10.1. The molecule has 2 amide bonds. The molecule has 0 aliphatic carbocycles. The first-order valence-corrected chi connectivity index (χ1v) is 9.09. The van der Waals surface area contributed by atoms with E-state index < -0.39 is 5.91 Å². The van der Waals surface area contributed by atoms with E-state index in [1.807, 2.05) is 6.92 Å². The molecule has 0 heterocycles. The third-order valence-corrected chi connectivity index (χ3v) is 3.95. The van der Waals surface area contributed by atoms with E-state index in [1.165, 1.54) is 0 Å². The lowest BCUT2D eigenvalue weighted by Gasteiger charge is -2.13. The summed E-state index contributed by atoms with van der Waals surface area (Å²) in [6.45, 7) is 5.63. The Balaban J connectivity index is 2.10. The molecule has 27 heavy (non-hydrogen) atoms. The Morgan fingerprint density at radius 1 is 1.04 bits per heavy atom. The van der Waals surface area contributed by atoms with Crippen LogP contribution in [0, 0.1) is 0 Å². The maximum absolute atomic E-state index is 12.5.